The first-order chi connectivity index (χ1) is 20.9. The highest BCUT2D eigenvalue weighted by atomic mass is 19.1. The van der Waals surface area contributed by atoms with Gasteiger partial charge in [-0.15, -0.1) is 6.42 Å². The van der Waals surface area contributed by atoms with Crippen LogP contribution in [0, 0.1) is 30.0 Å². The van der Waals surface area contributed by atoms with Crippen molar-refractivity contribution in [2.75, 3.05) is 37.7 Å². The number of rotatable bonds is 5. The van der Waals surface area contributed by atoms with E-state index >= 15 is 4.39 Å². The van der Waals surface area contributed by atoms with Gasteiger partial charge in [0.1, 0.15) is 35.6 Å². The van der Waals surface area contributed by atoms with Gasteiger partial charge in [0.15, 0.2) is 5.82 Å². The van der Waals surface area contributed by atoms with E-state index in [1.165, 1.54) is 25.3 Å². The molecule has 0 amide bonds. The summed E-state index contributed by atoms with van der Waals surface area (Å²) in [5, 5.41) is 12.4. The molecular weight excluding hydrogens is 548 g/mol. The number of pyridine rings is 1. The molecule has 2 aromatic heterocycles. The molecule has 4 aromatic rings. The lowest BCUT2D eigenvalue weighted by atomic mass is 9.95. The van der Waals surface area contributed by atoms with Crippen LogP contribution in [0.2, 0.25) is 0 Å². The Morgan fingerprint density at radius 1 is 1.14 bits per heavy atom. The first-order valence-corrected chi connectivity index (χ1v) is 15.3. The number of halogens is 2. The molecular formula is C34H33F2N5O2. The number of aromatic nitrogens is 3. The fraction of sp³-hybridized carbons (Fsp3) is 0.441. The van der Waals surface area contributed by atoms with Crippen LogP contribution in [0.1, 0.15) is 44.1 Å². The second kappa shape index (κ2) is 10.0. The van der Waals surface area contributed by atoms with Crippen molar-refractivity contribution in [2.24, 2.45) is 11.8 Å². The van der Waals surface area contributed by atoms with Crippen LogP contribution in [0.25, 0.3) is 32.9 Å². The highest BCUT2D eigenvalue weighted by Crippen LogP contribution is 2.43. The molecule has 9 heteroatoms. The van der Waals surface area contributed by atoms with E-state index in [-0.39, 0.29) is 35.1 Å². The Bertz CT molecular complexity index is 1800. The topological polar surface area (TPSA) is 74.6 Å². The van der Waals surface area contributed by atoms with Crippen molar-refractivity contribution in [3.8, 4) is 35.4 Å². The Morgan fingerprint density at radius 2 is 1.98 bits per heavy atom. The number of piperidine rings is 1. The number of ether oxygens (including phenoxy) is 1. The molecule has 220 valence electrons. The van der Waals surface area contributed by atoms with E-state index in [1.54, 1.807) is 24.4 Å². The maximum Gasteiger partial charge on any atom is 0.319 e. The largest absolute Gasteiger partial charge is 0.508 e. The number of aromatic hydroxyl groups is 1. The predicted molar refractivity (Wildman–Crippen MR) is 161 cm³/mol. The fourth-order valence-electron chi connectivity index (χ4n) is 8.26. The highest BCUT2D eigenvalue weighted by molar-refractivity contribution is 6.02. The molecule has 1 N–H and O–H groups in total. The summed E-state index contributed by atoms with van der Waals surface area (Å²) in [6.45, 7) is 3.22. The van der Waals surface area contributed by atoms with Crippen molar-refractivity contribution in [1.82, 2.24) is 19.9 Å². The molecule has 43 heavy (non-hydrogen) atoms. The van der Waals surface area contributed by atoms with E-state index in [1.807, 2.05) is 6.07 Å². The van der Waals surface area contributed by atoms with Crippen LogP contribution < -0.4 is 9.64 Å². The third-order valence-corrected chi connectivity index (χ3v) is 10.2. The van der Waals surface area contributed by atoms with E-state index in [2.05, 4.69) is 25.7 Å². The zero-order chi connectivity index (χ0) is 29.3. The maximum atomic E-state index is 16.7. The number of benzene rings is 2. The first-order valence-electron chi connectivity index (χ1n) is 15.3. The number of terminal acetylenes is 1. The number of nitrogens with zero attached hydrogens (tertiary/aromatic N) is 5. The average Bonchev–Trinajstić information content (AvgIpc) is 3.65. The molecule has 3 aliphatic heterocycles. The molecule has 0 spiro atoms. The Hall–Kier alpha value is -4.03. The monoisotopic (exact) mass is 581 g/mol. The standard InChI is InChI=1S/C34H33F2N5O2/c1-2-22-5-3-6-23-12-25(42)13-26(28(22)23)30-29(36)31-27(15-37-30)32(40-16-20-7-8-21(11-20)17-40)39-33(38-31)43-19-34-9-4-10-41(34)18-24(35)14-34/h1,3,5-6,12-13,15,20-21,24,42H,4,7-11,14,16-19H2/t20?,21?,24-,34+/m1/s1. The number of hydrogen-bond donors (Lipinski definition) is 1. The molecule has 4 aliphatic rings. The van der Waals surface area contributed by atoms with Gasteiger partial charge < -0.3 is 14.7 Å². The van der Waals surface area contributed by atoms with Crippen molar-refractivity contribution in [1.29, 1.82) is 0 Å². The van der Waals surface area contributed by atoms with Gasteiger partial charge in [0.05, 0.1) is 10.9 Å². The minimum atomic E-state index is -0.878. The fourth-order valence-corrected chi connectivity index (χ4v) is 8.26. The van der Waals surface area contributed by atoms with E-state index in [4.69, 9.17) is 16.1 Å². The number of alkyl halides is 1. The van der Waals surface area contributed by atoms with Gasteiger partial charge in [0, 0.05) is 48.8 Å². The molecule has 5 heterocycles. The lowest BCUT2D eigenvalue weighted by molar-refractivity contribution is 0.107. The minimum absolute atomic E-state index is 0.0164. The lowest BCUT2D eigenvalue weighted by Crippen LogP contribution is -2.43. The molecule has 2 aromatic carbocycles. The van der Waals surface area contributed by atoms with Crippen molar-refractivity contribution < 1.29 is 18.6 Å². The van der Waals surface area contributed by atoms with E-state index in [0.717, 1.165) is 32.5 Å². The molecule has 0 radical (unpaired) electrons. The van der Waals surface area contributed by atoms with E-state index in [9.17, 15) is 9.50 Å². The van der Waals surface area contributed by atoms with Crippen molar-refractivity contribution >= 4 is 27.5 Å². The number of hydrogen-bond acceptors (Lipinski definition) is 7. The molecule has 8 rings (SSSR count). The average molecular weight is 582 g/mol. The van der Waals surface area contributed by atoms with Gasteiger partial charge in [-0.25, -0.2) is 8.78 Å². The second-order valence-corrected chi connectivity index (χ2v) is 12.9. The van der Waals surface area contributed by atoms with Crippen LogP contribution in [0.4, 0.5) is 14.6 Å². The quantitative estimate of drug-likeness (QED) is 0.296. The van der Waals surface area contributed by atoms with Gasteiger partial charge >= 0.3 is 6.01 Å². The summed E-state index contributed by atoms with van der Waals surface area (Å²) in [5.74, 6) is 3.82. The van der Waals surface area contributed by atoms with Gasteiger partial charge in [0.25, 0.3) is 0 Å². The number of phenols is 1. The summed E-state index contributed by atoms with van der Waals surface area (Å²) >= 11 is 0. The van der Waals surface area contributed by atoms with Gasteiger partial charge in [-0.1, -0.05) is 18.1 Å². The zero-order valence-corrected chi connectivity index (χ0v) is 23.9. The van der Waals surface area contributed by atoms with E-state index in [0.29, 0.717) is 57.9 Å². The normalized spacial score (nSPS) is 26.7. The summed E-state index contributed by atoms with van der Waals surface area (Å²) in [6.07, 6.45) is 12.4. The number of fused-ring (bicyclic) bond motifs is 5. The van der Waals surface area contributed by atoms with Crippen LogP contribution in [0.3, 0.4) is 0 Å². The molecule has 1 saturated carbocycles. The molecule has 2 bridgehead atoms. The number of anilines is 1. The Morgan fingerprint density at radius 3 is 2.79 bits per heavy atom. The Balaban J connectivity index is 1.27. The summed E-state index contributed by atoms with van der Waals surface area (Å²) in [5.41, 5.74) is 0.737. The maximum absolute atomic E-state index is 16.7. The number of phenolic OH excluding ortho intramolecular Hbond substituents is 1. The van der Waals surface area contributed by atoms with Crippen molar-refractivity contribution in [2.45, 2.75) is 50.2 Å². The molecule has 4 fully saturated rings. The lowest BCUT2D eigenvalue weighted by Gasteiger charge is -2.34. The van der Waals surface area contributed by atoms with Crippen LogP contribution in [-0.4, -0.2) is 69.5 Å². The highest BCUT2D eigenvalue weighted by Gasteiger charge is 2.49. The first kappa shape index (κ1) is 26.6. The third-order valence-electron chi connectivity index (χ3n) is 10.2. The summed E-state index contributed by atoms with van der Waals surface area (Å²) in [4.78, 5) is 18.5. The molecule has 4 atom stereocenters. The zero-order valence-electron chi connectivity index (χ0n) is 23.9. The smallest absolute Gasteiger partial charge is 0.319 e. The summed E-state index contributed by atoms with van der Waals surface area (Å²) in [6, 6.07) is 8.60. The predicted octanol–water partition coefficient (Wildman–Crippen LogP) is 5.86. The van der Waals surface area contributed by atoms with Crippen molar-refractivity contribution in [3.63, 3.8) is 0 Å². The molecule has 3 saturated heterocycles. The van der Waals surface area contributed by atoms with Crippen LogP contribution >= 0.6 is 0 Å². The third kappa shape index (κ3) is 4.37. The van der Waals surface area contributed by atoms with Crippen LogP contribution in [-0.2, 0) is 0 Å². The SMILES string of the molecule is C#Cc1cccc2cc(O)cc(-c3ncc4c(N5CC6CCC(C6)C5)nc(OC[C@@]56CCCN5C[C@H](F)C6)nc4c3F)c12. The molecule has 1 aliphatic carbocycles. The van der Waals surface area contributed by atoms with Gasteiger partial charge in [-0.3, -0.25) is 9.88 Å². The summed E-state index contributed by atoms with van der Waals surface area (Å²) in [7, 11) is 0. The molecule has 7 nitrogen and oxygen atoms in total. The minimum Gasteiger partial charge on any atom is -0.508 e. The van der Waals surface area contributed by atoms with Crippen LogP contribution in [0.5, 0.6) is 11.8 Å². The summed E-state index contributed by atoms with van der Waals surface area (Å²) < 4.78 is 37.4. The second-order valence-electron chi connectivity index (χ2n) is 12.9. The van der Waals surface area contributed by atoms with Gasteiger partial charge in [-0.05, 0) is 74.1 Å². The van der Waals surface area contributed by atoms with Gasteiger partial charge in [0.2, 0.25) is 0 Å². The van der Waals surface area contributed by atoms with E-state index < -0.39 is 12.0 Å². The Labute approximate surface area is 248 Å². The van der Waals surface area contributed by atoms with Gasteiger partial charge in [-0.2, -0.15) is 9.97 Å². The van der Waals surface area contributed by atoms with Crippen molar-refractivity contribution in [3.05, 3.63) is 47.9 Å². The molecule has 2 unspecified atom stereocenters. The van der Waals surface area contributed by atoms with Crippen LogP contribution in [0.15, 0.2) is 36.5 Å². The Kier molecular flexibility index (Phi) is 6.19.